The summed E-state index contributed by atoms with van der Waals surface area (Å²) in [5.74, 6) is -1.99. The number of imidazole rings is 1. The minimum atomic E-state index is -1.12. The Morgan fingerprint density at radius 2 is 2.00 bits per heavy atom. The van der Waals surface area contributed by atoms with Crippen LogP contribution in [-0.4, -0.2) is 38.2 Å². The Labute approximate surface area is 154 Å². The van der Waals surface area contributed by atoms with Crippen molar-refractivity contribution in [3.8, 4) is 5.69 Å². The van der Waals surface area contributed by atoms with E-state index in [0.29, 0.717) is 17.1 Å². The van der Waals surface area contributed by atoms with E-state index in [2.05, 4.69) is 15.3 Å². The highest BCUT2D eigenvalue weighted by atomic mass is 16.3. The van der Waals surface area contributed by atoms with Crippen LogP contribution in [0.4, 0.5) is 0 Å². The second kappa shape index (κ2) is 7.65. The zero-order chi connectivity index (χ0) is 19.4. The van der Waals surface area contributed by atoms with Gasteiger partial charge in [-0.3, -0.25) is 23.9 Å². The average Bonchev–Trinajstić information content (AvgIpc) is 3.30. The van der Waals surface area contributed by atoms with Crippen molar-refractivity contribution in [1.29, 1.82) is 0 Å². The molecule has 9 heteroatoms. The van der Waals surface area contributed by atoms with Gasteiger partial charge in [-0.1, -0.05) is 0 Å². The van der Waals surface area contributed by atoms with Crippen molar-refractivity contribution in [3.05, 3.63) is 66.4 Å². The summed E-state index contributed by atoms with van der Waals surface area (Å²) in [6.07, 6.45) is 7.52. The maximum atomic E-state index is 12.8. The number of primary amides is 1. The fraction of sp³-hybridized carbons (Fsp3) is 0.167. The van der Waals surface area contributed by atoms with Crippen LogP contribution in [0.2, 0.25) is 0 Å². The third kappa shape index (κ3) is 3.92. The molecule has 3 N–H and O–H groups in total. The van der Waals surface area contributed by atoms with Gasteiger partial charge < -0.3 is 15.5 Å². The van der Waals surface area contributed by atoms with Crippen molar-refractivity contribution in [2.45, 2.75) is 19.4 Å². The molecule has 0 aliphatic heterocycles. The number of rotatable bonds is 7. The molecule has 0 spiro atoms. The van der Waals surface area contributed by atoms with Crippen LogP contribution >= 0.6 is 0 Å². The molecule has 3 aromatic rings. The number of pyridine rings is 1. The molecule has 3 heterocycles. The highest BCUT2D eigenvalue weighted by Crippen LogP contribution is 2.14. The molecule has 9 nitrogen and oxygen atoms in total. The fourth-order valence-electron chi connectivity index (χ4n) is 2.68. The van der Waals surface area contributed by atoms with Crippen molar-refractivity contribution < 1.29 is 18.8 Å². The highest BCUT2D eigenvalue weighted by molar-refractivity contribution is 6.38. The van der Waals surface area contributed by atoms with Crippen molar-refractivity contribution in [2.24, 2.45) is 5.73 Å². The molecule has 3 aromatic heterocycles. The van der Waals surface area contributed by atoms with Gasteiger partial charge in [0, 0.05) is 18.8 Å². The van der Waals surface area contributed by atoms with E-state index in [4.69, 9.17) is 10.2 Å². The van der Waals surface area contributed by atoms with E-state index in [1.807, 2.05) is 0 Å². The van der Waals surface area contributed by atoms with Crippen LogP contribution in [0.3, 0.4) is 0 Å². The van der Waals surface area contributed by atoms with Crippen molar-refractivity contribution in [2.75, 3.05) is 0 Å². The van der Waals surface area contributed by atoms with Crippen LogP contribution in [0, 0.1) is 6.92 Å². The number of carbonyl (C=O) groups excluding carboxylic acids is 3. The summed E-state index contributed by atoms with van der Waals surface area (Å²) >= 11 is 0. The smallest absolute Gasteiger partial charge is 0.287 e. The first-order chi connectivity index (χ1) is 13.0. The lowest BCUT2D eigenvalue weighted by molar-refractivity contribution is -0.137. The molecule has 0 saturated heterocycles. The predicted molar refractivity (Wildman–Crippen MR) is 94.0 cm³/mol. The Bertz CT molecular complexity index is 963. The molecule has 0 saturated carbocycles. The molecule has 0 radical (unpaired) electrons. The van der Waals surface area contributed by atoms with E-state index >= 15 is 0 Å². The lowest BCUT2D eigenvalue weighted by Gasteiger charge is -2.16. The Morgan fingerprint density at radius 3 is 2.63 bits per heavy atom. The number of amides is 2. The predicted octanol–water partition coefficient (Wildman–Crippen LogP) is 0.564. The Hall–Kier alpha value is -3.75. The summed E-state index contributed by atoms with van der Waals surface area (Å²) in [6.45, 7) is 1.74. The number of nitrogens with zero attached hydrogens (tertiary/aromatic N) is 3. The molecule has 27 heavy (non-hydrogen) atoms. The van der Waals surface area contributed by atoms with Crippen LogP contribution in [0.1, 0.15) is 21.9 Å². The quantitative estimate of drug-likeness (QED) is 0.586. The van der Waals surface area contributed by atoms with Gasteiger partial charge in [-0.2, -0.15) is 0 Å². The zero-order valence-electron chi connectivity index (χ0n) is 14.5. The molecule has 1 atom stereocenters. The first-order valence-corrected chi connectivity index (χ1v) is 8.07. The first kappa shape index (κ1) is 18.1. The number of carbonyl (C=O) groups is 3. The second-order valence-corrected chi connectivity index (χ2v) is 5.82. The number of ketones is 1. The molecule has 3 rings (SSSR count). The van der Waals surface area contributed by atoms with Crippen molar-refractivity contribution in [3.63, 3.8) is 0 Å². The number of aryl methyl sites for hydroxylation is 1. The zero-order valence-corrected chi connectivity index (χ0v) is 14.5. The van der Waals surface area contributed by atoms with Gasteiger partial charge in [0.05, 0.1) is 24.4 Å². The number of hydrogen-bond donors (Lipinski definition) is 2. The summed E-state index contributed by atoms with van der Waals surface area (Å²) in [5, 5.41) is 2.57. The van der Waals surface area contributed by atoms with E-state index < -0.39 is 23.6 Å². The number of Topliss-reactive ketones (excluding diaryl/α,β-unsaturated/α-hetero) is 1. The summed E-state index contributed by atoms with van der Waals surface area (Å²) in [4.78, 5) is 44.4. The number of nitrogens with one attached hydrogen (secondary N) is 1. The minimum absolute atomic E-state index is 0.0758. The maximum absolute atomic E-state index is 12.8. The molecule has 138 valence electrons. The molecule has 0 aromatic carbocycles. The summed E-state index contributed by atoms with van der Waals surface area (Å²) in [5.41, 5.74) is 6.67. The molecule has 0 aliphatic carbocycles. The first-order valence-electron chi connectivity index (χ1n) is 8.07. The topological polar surface area (TPSA) is 133 Å². The summed E-state index contributed by atoms with van der Waals surface area (Å²) < 4.78 is 6.59. The highest BCUT2D eigenvalue weighted by Gasteiger charge is 2.27. The van der Waals surface area contributed by atoms with E-state index in [0.717, 1.165) is 0 Å². The Morgan fingerprint density at radius 1 is 1.26 bits per heavy atom. The molecule has 0 fully saturated rings. The molecule has 2 amide bonds. The minimum Gasteiger partial charge on any atom is -0.472 e. The largest absolute Gasteiger partial charge is 0.472 e. The number of furan rings is 1. The van der Waals surface area contributed by atoms with Gasteiger partial charge in [-0.25, -0.2) is 4.98 Å². The molecule has 0 aliphatic rings. The Balaban J connectivity index is 1.88. The lowest BCUT2D eigenvalue weighted by atomic mass is 10.0. The average molecular weight is 367 g/mol. The standard InChI is InChI=1S/C18H17N5O4/c1-11-21-9-15(23(11)13-2-5-20-6-3-13)18(26)22-14(16(24)17(19)25)8-12-4-7-27-10-12/h2-7,9-10,14H,8H2,1H3,(H2,19,25)(H,22,26). The Kier molecular flexibility index (Phi) is 5.11. The van der Waals surface area contributed by atoms with Crippen LogP contribution < -0.4 is 11.1 Å². The van der Waals surface area contributed by atoms with Crippen LogP contribution in [0.15, 0.2) is 53.7 Å². The van der Waals surface area contributed by atoms with E-state index in [1.54, 1.807) is 42.1 Å². The number of aromatic nitrogens is 3. The maximum Gasteiger partial charge on any atom is 0.287 e. The normalized spacial score (nSPS) is 11.7. The van der Waals surface area contributed by atoms with Gasteiger partial charge in [0.15, 0.2) is 0 Å². The van der Waals surface area contributed by atoms with Gasteiger partial charge in [-0.15, -0.1) is 0 Å². The second-order valence-electron chi connectivity index (χ2n) is 5.82. The number of hydrogen-bond acceptors (Lipinski definition) is 6. The van der Waals surface area contributed by atoms with Crippen LogP contribution in [0.25, 0.3) is 5.69 Å². The number of nitrogens with two attached hydrogens (primary N) is 1. The SMILES string of the molecule is Cc1ncc(C(=O)NC(Cc2ccoc2)C(=O)C(N)=O)n1-c1ccncc1. The molecule has 0 bridgehead atoms. The van der Waals surface area contributed by atoms with Gasteiger partial charge in [0.2, 0.25) is 5.78 Å². The molecular weight excluding hydrogens is 350 g/mol. The molecule has 1 unspecified atom stereocenters. The van der Waals surface area contributed by atoms with Gasteiger partial charge in [-0.05, 0) is 30.7 Å². The van der Waals surface area contributed by atoms with E-state index in [-0.39, 0.29) is 12.1 Å². The van der Waals surface area contributed by atoms with Gasteiger partial charge in [0.1, 0.15) is 17.6 Å². The van der Waals surface area contributed by atoms with Gasteiger partial charge in [0.25, 0.3) is 11.8 Å². The van der Waals surface area contributed by atoms with Crippen LogP contribution in [-0.2, 0) is 16.0 Å². The summed E-state index contributed by atoms with van der Waals surface area (Å²) in [6, 6.07) is 3.97. The van der Waals surface area contributed by atoms with Crippen molar-refractivity contribution in [1.82, 2.24) is 19.9 Å². The van der Waals surface area contributed by atoms with E-state index in [9.17, 15) is 14.4 Å². The third-order valence-corrected chi connectivity index (χ3v) is 3.98. The van der Waals surface area contributed by atoms with Crippen molar-refractivity contribution >= 4 is 17.6 Å². The van der Waals surface area contributed by atoms with Crippen LogP contribution in [0.5, 0.6) is 0 Å². The lowest BCUT2D eigenvalue weighted by Crippen LogP contribution is -2.47. The van der Waals surface area contributed by atoms with E-state index in [1.165, 1.54) is 18.7 Å². The third-order valence-electron chi connectivity index (χ3n) is 3.98. The summed E-state index contributed by atoms with van der Waals surface area (Å²) in [7, 11) is 0. The monoisotopic (exact) mass is 367 g/mol. The van der Waals surface area contributed by atoms with Gasteiger partial charge >= 0.3 is 0 Å². The fourth-order valence-corrected chi connectivity index (χ4v) is 2.68. The molecular formula is C18H17N5O4.